The van der Waals surface area contributed by atoms with Crippen molar-refractivity contribution in [3.8, 4) is 0 Å². The van der Waals surface area contributed by atoms with Gasteiger partial charge in [-0.3, -0.25) is 0 Å². The molecule has 0 aliphatic heterocycles. The third kappa shape index (κ3) is 8.86. The molecule has 0 aromatic carbocycles. The standard InChI is InChI=1S/C7H18P2/c1-3-5-7-9-8-6-4-2/h8-9H,3-7H2,1-2H3/p+1. The lowest BCUT2D eigenvalue weighted by Gasteiger charge is -1.90. The molecule has 0 saturated carbocycles. The van der Waals surface area contributed by atoms with E-state index in [-0.39, 0.29) is 0 Å². The highest BCUT2D eigenvalue weighted by Gasteiger charge is 1.91. The summed E-state index contributed by atoms with van der Waals surface area (Å²) >= 11 is 0. The third-order valence-corrected chi connectivity index (χ3v) is 5.65. The van der Waals surface area contributed by atoms with E-state index in [1.807, 2.05) is 0 Å². The molecule has 9 heavy (non-hydrogen) atoms. The highest BCUT2D eigenvalue weighted by atomic mass is 32.0. The average molecular weight is 165 g/mol. The Labute approximate surface area is 62.7 Å². The maximum atomic E-state index is 2.29. The van der Waals surface area contributed by atoms with Gasteiger partial charge >= 0.3 is 0 Å². The SMILES string of the molecule is CCCCP[PH2+]CCC. The summed E-state index contributed by atoms with van der Waals surface area (Å²) in [7, 11) is 2.17. The van der Waals surface area contributed by atoms with Crippen molar-refractivity contribution in [2.45, 2.75) is 33.1 Å². The second-order valence-electron chi connectivity index (χ2n) is 2.30. The van der Waals surface area contributed by atoms with Gasteiger partial charge in [-0.05, 0) is 19.0 Å². The van der Waals surface area contributed by atoms with Crippen LogP contribution in [0.3, 0.4) is 0 Å². The van der Waals surface area contributed by atoms with Gasteiger partial charge in [0, 0.05) is 16.5 Å². The summed E-state index contributed by atoms with van der Waals surface area (Å²) in [6, 6.07) is 0. The minimum atomic E-state index is 0.844. The Balaban J connectivity index is 2.60. The molecule has 0 aliphatic carbocycles. The zero-order valence-corrected chi connectivity index (χ0v) is 8.77. The van der Waals surface area contributed by atoms with Crippen LogP contribution >= 0.6 is 16.5 Å². The predicted molar refractivity (Wildman–Crippen MR) is 53.0 cm³/mol. The van der Waals surface area contributed by atoms with E-state index in [2.05, 4.69) is 13.8 Å². The number of rotatable bonds is 6. The van der Waals surface area contributed by atoms with E-state index in [4.69, 9.17) is 0 Å². The van der Waals surface area contributed by atoms with E-state index in [1.165, 1.54) is 39.9 Å². The van der Waals surface area contributed by atoms with Crippen LogP contribution in [0.2, 0.25) is 0 Å². The summed E-state index contributed by atoms with van der Waals surface area (Å²) in [5.41, 5.74) is 0. The highest BCUT2D eigenvalue weighted by Crippen LogP contribution is 2.37. The molecular weight excluding hydrogens is 146 g/mol. The van der Waals surface area contributed by atoms with Crippen LogP contribution in [0, 0.1) is 0 Å². The second kappa shape index (κ2) is 8.86. The van der Waals surface area contributed by atoms with Crippen molar-refractivity contribution in [1.82, 2.24) is 0 Å². The van der Waals surface area contributed by atoms with Crippen LogP contribution in [0.1, 0.15) is 33.1 Å². The van der Waals surface area contributed by atoms with Gasteiger partial charge in [0.05, 0.1) is 6.16 Å². The van der Waals surface area contributed by atoms with Crippen molar-refractivity contribution in [3.63, 3.8) is 0 Å². The van der Waals surface area contributed by atoms with Gasteiger partial charge in [-0.25, -0.2) is 0 Å². The summed E-state index contributed by atoms with van der Waals surface area (Å²) in [6.45, 7) is 4.57. The van der Waals surface area contributed by atoms with Crippen molar-refractivity contribution in [1.29, 1.82) is 0 Å². The summed E-state index contributed by atoms with van der Waals surface area (Å²) in [5.74, 6) is 0. The molecule has 0 aliphatic rings. The minimum Gasteiger partial charge on any atom is -0.0654 e. The van der Waals surface area contributed by atoms with Crippen LogP contribution in [0.15, 0.2) is 0 Å². The van der Waals surface area contributed by atoms with Gasteiger partial charge in [-0.2, -0.15) is 0 Å². The van der Waals surface area contributed by atoms with Crippen LogP contribution in [0.25, 0.3) is 0 Å². The zero-order chi connectivity index (χ0) is 6.95. The lowest BCUT2D eigenvalue weighted by atomic mass is 10.4. The van der Waals surface area contributed by atoms with Gasteiger partial charge in [-0.1, -0.05) is 20.3 Å². The molecule has 0 N–H and O–H groups in total. The van der Waals surface area contributed by atoms with Crippen LogP contribution in [0.4, 0.5) is 0 Å². The molecule has 2 heteroatoms. The van der Waals surface area contributed by atoms with Crippen LogP contribution in [-0.4, -0.2) is 12.3 Å². The number of unbranched alkanes of at least 4 members (excludes halogenated alkanes) is 1. The van der Waals surface area contributed by atoms with Gasteiger partial charge in [0.25, 0.3) is 0 Å². The van der Waals surface area contributed by atoms with E-state index < -0.39 is 0 Å². The first-order valence-electron chi connectivity index (χ1n) is 3.96. The average Bonchev–Trinajstić information content (AvgIpc) is 1.89. The fourth-order valence-electron chi connectivity index (χ4n) is 0.627. The van der Waals surface area contributed by atoms with Crippen LogP contribution < -0.4 is 0 Å². The van der Waals surface area contributed by atoms with E-state index in [9.17, 15) is 0 Å². The van der Waals surface area contributed by atoms with E-state index in [1.54, 1.807) is 0 Å². The molecule has 0 amide bonds. The van der Waals surface area contributed by atoms with Crippen molar-refractivity contribution in [2.75, 3.05) is 12.3 Å². The molecule has 0 nitrogen and oxygen atoms in total. The molecule has 0 bridgehead atoms. The van der Waals surface area contributed by atoms with Gasteiger partial charge in [0.1, 0.15) is 0 Å². The first-order valence-corrected chi connectivity index (χ1v) is 7.80. The smallest absolute Gasteiger partial charge is 0.0566 e. The van der Waals surface area contributed by atoms with Crippen LogP contribution in [-0.2, 0) is 0 Å². The Morgan fingerprint density at radius 2 is 2.00 bits per heavy atom. The minimum absolute atomic E-state index is 0.844. The van der Waals surface area contributed by atoms with Crippen LogP contribution in [0.5, 0.6) is 0 Å². The fraction of sp³-hybridized carbons (Fsp3) is 1.00. The summed E-state index contributed by atoms with van der Waals surface area (Å²) in [4.78, 5) is 0. The van der Waals surface area contributed by atoms with E-state index in [0.29, 0.717) is 0 Å². The Bertz CT molecular complexity index is 40.2. The maximum Gasteiger partial charge on any atom is 0.0566 e. The molecule has 2 unspecified atom stereocenters. The quantitative estimate of drug-likeness (QED) is 0.418. The summed E-state index contributed by atoms with van der Waals surface area (Å²) in [6.07, 6.45) is 7.32. The first kappa shape index (κ1) is 9.86. The normalized spacial score (nSPS) is 12.7. The lowest BCUT2D eigenvalue weighted by Crippen LogP contribution is -1.70. The van der Waals surface area contributed by atoms with Gasteiger partial charge in [0.15, 0.2) is 0 Å². The molecular formula is C7H19P2+. The molecule has 0 saturated heterocycles. The molecule has 0 rings (SSSR count). The first-order chi connectivity index (χ1) is 4.41. The molecule has 0 aromatic heterocycles. The fourth-order valence-corrected chi connectivity index (χ4v) is 4.59. The van der Waals surface area contributed by atoms with Gasteiger partial charge in [-0.15, -0.1) is 0 Å². The van der Waals surface area contributed by atoms with Crippen molar-refractivity contribution < 1.29 is 0 Å². The monoisotopic (exact) mass is 165 g/mol. The van der Waals surface area contributed by atoms with Crippen molar-refractivity contribution in [2.24, 2.45) is 0 Å². The molecule has 0 radical (unpaired) electrons. The number of hydrogen-bond acceptors (Lipinski definition) is 0. The molecule has 2 atom stereocenters. The van der Waals surface area contributed by atoms with E-state index in [0.717, 1.165) is 8.27 Å². The molecule has 0 aromatic rings. The molecule has 0 fully saturated rings. The van der Waals surface area contributed by atoms with Gasteiger partial charge in [0.2, 0.25) is 0 Å². The zero-order valence-electron chi connectivity index (χ0n) is 6.61. The predicted octanol–water partition coefficient (Wildman–Crippen LogP) is 3.20. The Hall–Kier alpha value is 0.860. The molecule has 56 valence electrons. The highest BCUT2D eigenvalue weighted by molar-refractivity contribution is 8.11. The Morgan fingerprint density at radius 1 is 1.22 bits per heavy atom. The van der Waals surface area contributed by atoms with Gasteiger partial charge < -0.3 is 0 Å². The Morgan fingerprint density at radius 3 is 2.56 bits per heavy atom. The van der Waals surface area contributed by atoms with Crippen molar-refractivity contribution in [3.05, 3.63) is 0 Å². The van der Waals surface area contributed by atoms with E-state index >= 15 is 0 Å². The molecule has 0 heterocycles. The maximum absolute atomic E-state index is 2.29. The second-order valence-corrected chi connectivity index (χ2v) is 6.64. The largest absolute Gasteiger partial charge is 0.0654 e. The lowest BCUT2D eigenvalue weighted by molar-refractivity contribution is 0.896. The number of hydrogen-bond donors (Lipinski definition) is 0. The third-order valence-electron chi connectivity index (χ3n) is 1.25. The molecule has 0 spiro atoms. The summed E-state index contributed by atoms with van der Waals surface area (Å²) in [5, 5.41) is 0. The van der Waals surface area contributed by atoms with Crippen molar-refractivity contribution >= 4 is 16.5 Å². The summed E-state index contributed by atoms with van der Waals surface area (Å²) < 4.78 is 0. The Kier molecular flexibility index (Phi) is 9.71. The topological polar surface area (TPSA) is 0 Å².